The normalized spacial score (nSPS) is 16.5. The molecule has 3 heterocycles. The molecule has 10 nitrogen and oxygen atoms in total. The molecule has 0 aromatic carbocycles. The number of aliphatic imine (C=N–C) groups is 2. The molecular formula is C21H22F3N9O+. The second-order valence-electron chi connectivity index (χ2n) is 6.96. The number of anilines is 1. The maximum atomic E-state index is 13.0. The number of pyridine rings is 1. The third kappa shape index (κ3) is 5.79. The van der Waals surface area contributed by atoms with E-state index >= 15 is 0 Å². The summed E-state index contributed by atoms with van der Waals surface area (Å²) in [6, 6.07) is 2.92. The zero-order chi connectivity index (χ0) is 24.7. The molecule has 0 spiro atoms. The number of nitrogens with zero attached hydrogens (tertiary/aromatic N) is 6. The lowest BCUT2D eigenvalue weighted by atomic mass is 10.1. The van der Waals surface area contributed by atoms with Crippen LogP contribution in [0, 0.1) is 6.17 Å². The Morgan fingerprint density at radius 2 is 2.18 bits per heavy atom. The summed E-state index contributed by atoms with van der Waals surface area (Å²) >= 11 is 0. The number of halogens is 3. The van der Waals surface area contributed by atoms with E-state index in [1.54, 1.807) is 10.9 Å². The van der Waals surface area contributed by atoms with E-state index in [-0.39, 0.29) is 17.7 Å². The first-order valence-electron chi connectivity index (χ1n) is 9.95. The summed E-state index contributed by atoms with van der Waals surface area (Å²) in [6.45, 7) is 6.70. The highest BCUT2D eigenvalue weighted by Crippen LogP contribution is 2.29. The van der Waals surface area contributed by atoms with Gasteiger partial charge >= 0.3 is 18.2 Å². The minimum atomic E-state index is -4.71. The smallest absolute Gasteiger partial charge is 0.358 e. The van der Waals surface area contributed by atoms with Gasteiger partial charge in [0.2, 0.25) is 0 Å². The van der Waals surface area contributed by atoms with Crippen molar-refractivity contribution in [2.24, 2.45) is 20.2 Å². The fourth-order valence-corrected chi connectivity index (χ4v) is 3.02. The molecule has 3 N–H and O–H groups in total. The number of likely N-dealkylation sites (N-methyl/N-ethyl adjacent to an activating group) is 1. The van der Waals surface area contributed by atoms with Gasteiger partial charge in [-0.1, -0.05) is 12.7 Å². The van der Waals surface area contributed by atoms with Crippen LogP contribution in [-0.2, 0) is 0 Å². The van der Waals surface area contributed by atoms with Crippen LogP contribution in [-0.4, -0.2) is 67.2 Å². The first kappa shape index (κ1) is 24.5. The number of nitrogens with one attached hydrogen (secondary N) is 3. The fraction of sp³-hybridized carbons (Fsp3) is 0.238. The highest BCUT2D eigenvalue weighted by molar-refractivity contribution is 5.95. The molecule has 1 amide bonds. The molecule has 0 saturated heterocycles. The van der Waals surface area contributed by atoms with Crippen molar-refractivity contribution in [1.82, 2.24) is 15.6 Å². The van der Waals surface area contributed by atoms with Gasteiger partial charge in [-0.05, 0) is 30.0 Å². The fourth-order valence-electron chi connectivity index (χ4n) is 3.02. The molecule has 13 heteroatoms. The number of allylic oxidation sites excluding steroid dienone is 1. The second-order valence-corrected chi connectivity index (χ2v) is 6.96. The van der Waals surface area contributed by atoms with Crippen LogP contribution in [0.5, 0.6) is 0 Å². The van der Waals surface area contributed by atoms with Crippen molar-refractivity contribution in [3.63, 3.8) is 0 Å². The Kier molecular flexibility index (Phi) is 7.66. The molecular weight excluding hydrogens is 451 g/mol. The summed E-state index contributed by atoms with van der Waals surface area (Å²) in [5.41, 5.74) is -0.499. The number of aromatic nitrogens is 1. The van der Waals surface area contributed by atoms with Gasteiger partial charge in [0, 0.05) is 23.9 Å². The first-order valence-corrected chi connectivity index (χ1v) is 9.95. The van der Waals surface area contributed by atoms with E-state index in [1.165, 1.54) is 18.3 Å². The van der Waals surface area contributed by atoms with Crippen LogP contribution in [0.15, 0.2) is 74.2 Å². The van der Waals surface area contributed by atoms with Crippen LogP contribution in [0.25, 0.3) is 0 Å². The van der Waals surface area contributed by atoms with Crippen LogP contribution in [0.3, 0.4) is 0 Å². The van der Waals surface area contributed by atoms with Crippen LogP contribution in [0.4, 0.5) is 19.0 Å². The number of azo groups is 1. The number of amides is 1. The highest BCUT2D eigenvalue weighted by Gasteiger charge is 2.36. The first-order chi connectivity index (χ1) is 16.2. The lowest BCUT2D eigenvalue weighted by Crippen LogP contribution is -2.28. The number of amidine groups is 1. The van der Waals surface area contributed by atoms with Gasteiger partial charge in [-0.2, -0.15) is 13.2 Å². The second kappa shape index (κ2) is 10.6. The van der Waals surface area contributed by atoms with Gasteiger partial charge in [0.25, 0.3) is 5.91 Å². The predicted octanol–water partition coefficient (Wildman–Crippen LogP) is 2.44. The molecule has 34 heavy (non-hydrogen) atoms. The molecule has 177 valence electrons. The quantitative estimate of drug-likeness (QED) is 0.290. The predicted molar refractivity (Wildman–Crippen MR) is 122 cm³/mol. The maximum Gasteiger partial charge on any atom is 0.433 e. The summed E-state index contributed by atoms with van der Waals surface area (Å²) in [5, 5.41) is 16.8. The summed E-state index contributed by atoms with van der Waals surface area (Å²) < 4.78 is 40.9. The van der Waals surface area contributed by atoms with E-state index < -0.39 is 24.3 Å². The summed E-state index contributed by atoms with van der Waals surface area (Å²) in [7, 11) is 1.82. The Labute approximate surface area is 193 Å². The Morgan fingerprint density at radius 1 is 1.38 bits per heavy atom. The van der Waals surface area contributed by atoms with E-state index in [9.17, 15) is 18.0 Å². The van der Waals surface area contributed by atoms with Crippen molar-refractivity contribution in [3.05, 3.63) is 65.8 Å². The third-order valence-corrected chi connectivity index (χ3v) is 4.78. The van der Waals surface area contributed by atoms with E-state index in [2.05, 4.69) is 54.4 Å². The van der Waals surface area contributed by atoms with Gasteiger partial charge in [-0.25, -0.2) is 9.56 Å². The van der Waals surface area contributed by atoms with E-state index in [1.807, 2.05) is 13.1 Å². The monoisotopic (exact) mass is 473 g/mol. The minimum Gasteiger partial charge on any atom is -0.358 e. The highest BCUT2D eigenvalue weighted by atomic mass is 19.4. The average Bonchev–Trinajstić information content (AvgIpc) is 3.20. The summed E-state index contributed by atoms with van der Waals surface area (Å²) in [6.07, 6.45) is 1.81. The number of hydrogen-bond acceptors (Lipinski definition) is 8. The van der Waals surface area contributed by atoms with E-state index in [4.69, 9.17) is 0 Å². The number of carbonyl (C=O) groups is 1. The maximum absolute atomic E-state index is 13.0. The topological polar surface area (TPSA) is 118 Å². The van der Waals surface area contributed by atoms with Crippen molar-refractivity contribution >= 4 is 30.6 Å². The van der Waals surface area contributed by atoms with Crippen molar-refractivity contribution in [2.45, 2.75) is 6.18 Å². The average molecular weight is 473 g/mol. The SMILES string of the molecule is C=C/C(CNC(=O)c1ccnc(NCC2=[N+](C)[C](C3=CCN=CN3)N=N2)c1)=C(\N=C)C(F)(F)F. The molecule has 0 bridgehead atoms. The Hall–Kier alpha value is -4.16. The molecule has 0 atom stereocenters. The van der Waals surface area contributed by atoms with E-state index in [0.29, 0.717) is 24.4 Å². The zero-order valence-corrected chi connectivity index (χ0v) is 18.2. The largest absolute Gasteiger partial charge is 0.433 e. The third-order valence-electron chi connectivity index (χ3n) is 4.78. The van der Waals surface area contributed by atoms with Crippen molar-refractivity contribution in [1.29, 1.82) is 0 Å². The summed E-state index contributed by atoms with van der Waals surface area (Å²) in [4.78, 5) is 23.7. The molecule has 1 aromatic heterocycles. The zero-order valence-electron chi connectivity index (χ0n) is 18.2. The molecule has 0 saturated carbocycles. The van der Waals surface area contributed by atoms with Crippen LogP contribution < -0.4 is 16.0 Å². The number of rotatable bonds is 9. The van der Waals surface area contributed by atoms with Gasteiger partial charge in [0.1, 0.15) is 18.1 Å². The van der Waals surface area contributed by atoms with Gasteiger partial charge in [-0.15, -0.1) is 0 Å². The van der Waals surface area contributed by atoms with Gasteiger partial charge in [-0.3, -0.25) is 14.8 Å². The van der Waals surface area contributed by atoms with Gasteiger partial charge < -0.3 is 16.0 Å². The molecule has 2 aliphatic heterocycles. The Balaban J connectivity index is 1.63. The number of carbonyl (C=O) groups excluding carboxylic acids is 1. The molecule has 1 aromatic rings. The number of alkyl halides is 3. The van der Waals surface area contributed by atoms with E-state index in [0.717, 1.165) is 11.8 Å². The van der Waals surface area contributed by atoms with Crippen LogP contribution >= 0.6 is 0 Å². The van der Waals surface area contributed by atoms with Crippen molar-refractivity contribution < 1.29 is 22.5 Å². The standard InChI is InChI=1S/C21H22F3N9O/c1-4-13(18(25-2)21(22,23)24)10-29-20(34)14-5-8-27-16(9-14)28-11-17-31-32-19(33(17)3)15-6-7-26-12-30-15/h4-6,8-9,12H,1-2,7,10-11H2,3H3,(H,26,30)(H,27,28)(H,29,34)/q+1/b18-13+. The Bertz CT molecular complexity index is 1130. The van der Waals surface area contributed by atoms with Gasteiger partial charge in [0.05, 0.1) is 30.7 Å². The van der Waals surface area contributed by atoms with Gasteiger partial charge in [0.15, 0.2) is 0 Å². The molecule has 2 aliphatic rings. The van der Waals surface area contributed by atoms with Crippen LogP contribution in [0.2, 0.25) is 0 Å². The molecule has 3 rings (SSSR count). The van der Waals surface area contributed by atoms with Crippen molar-refractivity contribution in [2.75, 3.05) is 32.0 Å². The summed E-state index contributed by atoms with van der Waals surface area (Å²) in [5.74, 6) is 0.408. The molecule has 0 fully saturated rings. The molecule has 0 unspecified atom stereocenters. The number of hydrogen-bond donors (Lipinski definition) is 3. The lowest BCUT2D eigenvalue weighted by Gasteiger charge is -2.13. The Morgan fingerprint density at radius 3 is 2.82 bits per heavy atom. The molecule has 1 radical (unpaired) electrons. The minimum absolute atomic E-state index is 0.204. The van der Waals surface area contributed by atoms with Crippen molar-refractivity contribution in [3.8, 4) is 0 Å². The molecule has 0 aliphatic carbocycles. The lowest BCUT2D eigenvalue weighted by molar-refractivity contribution is -0.472. The van der Waals surface area contributed by atoms with Crippen LogP contribution in [0.1, 0.15) is 10.4 Å².